The molecule has 0 spiro atoms. The molecule has 27 heavy (non-hydrogen) atoms. The number of thiazole rings is 1. The van der Waals surface area contributed by atoms with Gasteiger partial charge in [-0.3, -0.25) is 9.59 Å². The maximum atomic E-state index is 12.4. The standard InChI is InChI=1S/C20H25N3O2S2/c1-3-11-23-16-9-4-5-10-17(16)27-20(23)21-18(24)13-26-14-19(25)22-12-7-6-8-15(22)2/h3-5,9-10,15H,1,6-8,11-14H2,2H3/t15-/m0/s1. The lowest BCUT2D eigenvalue weighted by atomic mass is 10.0. The van der Waals surface area contributed by atoms with E-state index in [1.165, 1.54) is 29.5 Å². The van der Waals surface area contributed by atoms with Crippen LogP contribution in [-0.2, 0) is 16.1 Å². The minimum absolute atomic E-state index is 0.128. The van der Waals surface area contributed by atoms with Gasteiger partial charge < -0.3 is 9.47 Å². The highest BCUT2D eigenvalue weighted by Gasteiger charge is 2.22. The van der Waals surface area contributed by atoms with Crippen molar-refractivity contribution in [3.05, 3.63) is 41.7 Å². The molecule has 2 aromatic rings. The summed E-state index contributed by atoms with van der Waals surface area (Å²) < 4.78 is 3.09. The van der Waals surface area contributed by atoms with Crippen LogP contribution >= 0.6 is 23.1 Å². The van der Waals surface area contributed by atoms with Crippen molar-refractivity contribution in [3.8, 4) is 0 Å². The summed E-state index contributed by atoms with van der Waals surface area (Å²) in [5.41, 5.74) is 1.05. The zero-order valence-corrected chi connectivity index (χ0v) is 17.2. The van der Waals surface area contributed by atoms with E-state index in [4.69, 9.17) is 0 Å². The third-order valence-corrected chi connectivity index (χ3v) is 6.66. The number of amides is 2. The number of rotatable bonds is 6. The second kappa shape index (κ2) is 9.37. The number of benzene rings is 1. The summed E-state index contributed by atoms with van der Waals surface area (Å²) in [6, 6.07) is 8.31. The lowest BCUT2D eigenvalue weighted by molar-refractivity contribution is -0.131. The molecule has 5 nitrogen and oxygen atoms in total. The lowest BCUT2D eigenvalue weighted by Crippen LogP contribution is -2.43. The summed E-state index contributed by atoms with van der Waals surface area (Å²) in [6.45, 7) is 7.33. The Balaban J connectivity index is 1.63. The molecule has 7 heteroatoms. The number of carbonyl (C=O) groups excluding carboxylic acids is 2. The quantitative estimate of drug-likeness (QED) is 0.694. The largest absolute Gasteiger partial charge is 0.339 e. The summed E-state index contributed by atoms with van der Waals surface area (Å²) in [5.74, 6) is 0.480. The zero-order valence-electron chi connectivity index (χ0n) is 15.6. The Morgan fingerprint density at radius 3 is 2.93 bits per heavy atom. The molecule has 1 atom stereocenters. The molecule has 1 fully saturated rings. The molecule has 0 saturated carbocycles. The maximum Gasteiger partial charge on any atom is 0.258 e. The second-order valence-corrected chi connectivity index (χ2v) is 8.68. The zero-order chi connectivity index (χ0) is 19.2. The molecule has 1 aromatic heterocycles. The van der Waals surface area contributed by atoms with Crippen molar-refractivity contribution in [1.29, 1.82) is 0 Å². The SMILES string of the molecule is C=CCn1c(=NC(=O)CSCC(=O)N2CCCC[C@@H]2C)sc2ccccc21. The molecule has 2 amide bonds. The van der Waals surface area contributed by atoms with Gasteiger partial charge in [-0.05, 0) is 38.3 Å². The predicted molar refractivity (Wildman–Crippen MR) is 113 cm³/mol. The van der Waals surface area contributed by atoms with Gasteiger partial charge in [-0.25, -0.2) is 0 Å². The molecule has 0 bridgehead atoms. The molecule has 0 aliphatic carbocycles. The minimum Gasteiger partial charge on any atom is -0.339 e. The first-order valence-corrected chi connectivity index (χ1v) is 11.2. The van der Waals surface area contributed by atoms with E-state index in [0.717, 1.165) is 29.6 Å². The van der Waals surface area contributed by atoms with Gasteiger partial charge in [-0.1, -0.05) is 29.5 Å². The smallest absolute Gasteiger partial charge is 0.258 e. The fourth-order valence-electron chi connectivity index (χ4n) is 3.33. The predicted octanol–water partition coefficient (Wildman–Crippen LogP) is 3.45. The van der Waals surface area contributed by atoms with Gasteiger partial charge in [0.2, 0.25) is 5.91 Å². The first-order chi connectivity index (χ1) is 13.1. The van der Waals surface area contributed by atoms with E-state index in [2.05, 4.69) is 18.5 Å². The fourth-order valence-corrected chi connectivity index (χ4v) is 5.07. The third kappa shape index (κ3) is 4.90. The fraction of sp³-hybridized carbons (Fsp3) is 0.450. The van der Waals surface area contributed by atoms with Crippen LogP contribution in [0.15, 0.2) is 41.9 Å². The lowest BCUT2D eigenvalue weighted by Gasteiger charge is -2.33. The van der Waals surface area contributed by atoms with Crippen molar-refractivity contribution < 1.29 is 9.59 Å². The van der Waals surface area contributed by atoms with E-state index >= 15 is 0 Å². The van der Waals surface area contributed by atoms with Gasteiger partial charge in [-0.15, -0.1) is 18.3 Å². The molecule has 1 aliphatic rings. The van der Waals surface area contributed by atoms with Gasteiger partial charge in [0.25, 0.3) is 5.91 Å². The van der Waals surface area contributed by atoms with Crippen LogP contribution in [-0.4, -0.2) is 45.4 Å². The van der Waals surface area contributed by atoms with E-state index in [-0.39, 0.29) is 17.6 Å². The Labute approximate surface area is 167 Å². The number of likely N-dealkylation sites (tertiary alicyclic amines) is 1. The number of hydrogen-bond acceptors (Lipinski definition) is 4. The summed E-state index contributed by atoms with van der Waals surface area (Å²) in [4.78, 5) is 31.6. The van der Waals surface area contributed by atoms with Gasteiger partial charge in [-0.2, -0.15) is 4.99 Å². The topological polar surface area (TPSA) is 54.7 Å². The van der Waals surface area contributed by atoms with Crippen molar-refractivity contribution in [2.45, 2.75) is 38.8 Å². The number of thioether (sulfide) groups is 1. The molecule has 1 aliphatic heterocycles. The van der Waals surface area contributed by atoms with Gasteiger partial charge >= 0.3 is 0 Å². The number of allylic oxidation sites excluding steroid dienone is 1. The van der Waals surface area contributed by atoms with Crippen LogP contribution in [0.3, 0.4) is 0 Å². The van der Waals surface area contributed by atoms with Crippen LogP contribution < -0.4 is 4.80 Å². The van der Waals surface area contributed by atoms with Crippen LogP contribution in [0.2, 0.25) is 0 Å². The van der Waals surface area contributed by atoms with Crippen LogP contribution in [0.5, 0.6) is 0 Å². The molecule has 3 rings (SSSR count). The van der Waals surface area contributed by atoms with E-state index in [1.807, 2.05) is 33.7 Å². The molecule has 0 unspecified atom stereocenters. The molecule has 1 saturated heterocycles. The van der Waals surface area contributed by atoms with Crippen molar-refractivity contribution in [2.24, 2.45) is 4.99 Å². The average Bonchev–Trinajstić information content (AvgIpc) is 2.99. The number of carbonyl (C=O) groups is 2. The highest BCUT2D eigenvalue weighted by atomic mass is 32.2. The summed E-state index contributed by atoms with van der Waals surface area (Å²) in [7, 11) is 0. The number of aromatic nitrogens is 1. The first kappa shape index (κ1) is 19.9. The van der Waals surface area contributed by atoms with Gasteiger partial charge in [0.15, 0.2) is 4.80 Å². The van der Waals surface area contributed by atoms with Crippen LogP contribution in [0.1, 0.15) is 26.2 Å². The van der Waals surface area contributed by atoms with Crippen LogP contribution in [0.4, 0.5) is 0 Å². The van der Waals surface area contributed by atoms with Crippen LogP contribution in [0.25, 0.3) is 10.2 Å². The van der Waals surface area contributed by atoms with Gasteiger partial charge in [0.1, 0.15) is 0 Å². The summed E-state index contributed by atoms with van der Waals surface area (Å²) in [5, 5.41) is 0. The Morgan fingerprint density at radius 2 is 2.15 bits per heavy atom. The molecular weight excluding hydrogens is 378 g/mol. The Morgan fingerprint density at radius 1 is 1.33 bits per heavy atom. The molecule has 144 valence electrons. The number of fused-ring (bicyclic) bond motifs is 1. The molecule has 1 aromatic carbocycles. The third-order valence-electron chi connectivity index (χ3n) is 4.69. The van der Waals surface area contributed by atoms with Gasteiger partial charge in [0, 0.05) is 19.1 Å². The van der Waals surface area contributed by atoms with Crippen molar-refractivity contribution >= 4 is 45.1 Å². The van der Waals surface area contributed by atoms with Crippen molar-refractivity contribution in [3.63, 3.8) is 0 Å². The molecular formula is C20H25N3O2S2. The van der Waals surface area contributed by atoms with Crippen molar-refractivity contribution in [2.75, 3.05) is 18.1 Å². The maximum absolute atomic E-state index is 12.4. The number of hydrogen-bond donors (Lipinski definition) is 0. The highest BCUT2D eigenvalue weighted by molar-refractivity contribution is 8.00. The minimum atomic E-state index is -0.205. The number of para-hydroxylation sites is 1. The van der Waals surface area contributed by atoms with E-state index < -0.39 is 0 Å². The Bertz CT molecular complexity index is 900. The van der Waals surface area contributed by atoms with E-state index in [1.54, 1.807) is 6.08 Å². The molecule has 0 radical (unpaired) electrons. The number of piperidine rings is 1. The van der Waals surface area contributed by atoms with Gasteiger partial charge in [0.05, 0.1) is 21.7 Å². The first-order valence-electron chi connectivity index (χ1n) is 9.24. The van der Waals surface area contributed by atoms with E-state index in [0.29, 0.717) is 23.1 Å². The number of nitrogens with zero attached hydrogens (tertiary/aromatic N) is 3. The van der Waals surface area contributed by atoms with Crippen molar-refractivity contribution in [1.82, 2.24) is 9.47 Å². The van der Waals surface area contributed by atoms with E-state index in [9.17, 15) is 9.59 Å². The second-order valence-electron chi connectivity index (χ2n) is 6.68. The monoisotopic (exact) mass is 403 g/mol. The Kier molecular flexibility index (Phi) is 6.90. The Hall–Kier alpha value is -1.86. The summed E-state index contributed by atoms with van der Waals surface area (Å²) >= 11 is 2.85. The highest BCUT2D eigenvalue weighted by Crippen LogP contribution is 2.18. The average molecular weight is 404 g/mol. The van der Waals surface area contributed by atoms with Crippen LogP contribution in [0, 0.1) is 0 Å². The normalized spacial score (nSPS) is 18.0. The molecule has 2 heterocycles. The summed E-state index contributed by atoms with van der Waals surface area (Å²) in [6.07, 6.45) is 5.13. The molecule has 0 N–H and O–H groups in total.